The van der Waals surface area contributed by atoms with Gasteiger partial charge < -0.3 is 5.11 Å². The van der Waals surface area contributed by atoms with Gasteiger partial charge in [-0.2, -0.15) is 4.68 Å². The summed E-state index contributed by atoms with van der Waals surface area (Å²) in [4.78, 5) is 0. The zero-order chi connectivity index (χ0) is 10.7. The van der Waals surface area contributed by atoms with E-state index in [0.29, 0.717) is 12.2 Å². The lowest BCUT2D eigenvalue weighted by Crippen LogP contribution is -2.11. The van der Waals surface area contributed by atoms with Gasteiger partial charge in [-0.15, -0.1) is 5.10 Å². The summed E-state index contributed by atoms with van der Waals surface area (Å²) >= 11 is 0. The van der Waals surface area contributed by atoms with Gasteiger partial charge in [-0.3, -0.25) is 0 Å². The third-order valence-electron chi connectivity index (χ3n) is 2.01. The van der Waals surface area contributed by atoms with Gasteiger partial charge >= 0.3 is 0 Å². The molecule has 0 aliphatic heterocycles. The minimum atomic E-state index is -0.446. The van der Waals surface area contributed by atoms with Crippen LogP contribution in [0.3, 0.4) is 0 Å². The van der Waals surface area contributed by atoms with Crippen LogP contribution in [0, 0.1) is 0 Å². The Bertz CT molecular complexity index is 424. The molecule has 0 bridgehead atoms. The number of hydrogen-bond donors (Lipinski definition) is 1. The van der Waals surface area contributed by atoms with Crippen molar-refractivity contribution in [1.29, 1.82) is 0 Å². The van der Waals surface area contributed by atoms with E-state index in [2.05, 4.69) is 15.5 Å². The van der Waals surface area contributed by atoms with Crippen LogP contribution >= 0.6 is 0 Å². The van der Waals surface area contributed by atoms with E-state index in [-0.39, 0.29) is 0 Å². The van der Waals surface area contributed by atoms with Crippen LogP contribution in [0.4, 0.5) is 0 Å². The summed E-state index contributed by atoms with van der Waals surface area (Å²) in [7, 11) is 0. The fourth-order valence-corrected chi connectivity index (χ4v) is 1.37. The first kappa shape index (κ1) is 9.79. The highest BCUT2D eigenvalue weighted by atomic mass is 16.3. The summed E-state index contributed by atoms with van der Waals surface area (Å²) in [5, 5.41) is 20.6. The van der Waals surface area contributed by atoms with Crippen LogP contribution in [0.1, 0.15) is 12.7 Å². The van der Waals surface area contributed by atoms with Crippen molar-refractivity contribution >= 4 is 0 Å². The van der Waals surface area contributed by atoms with E-state index in [4.69, 9.17) is 0 Å². The Hall–Kier alpha value is -1.75. The maximum atomic E-state index is 9.29. The van der Waals surface area contributed by atoms with Crippen molar-refractivity contribution in [2.75, 3.05) is 0 Å². The lowest BCUT2D eigenvalue weighted by molar-refractivity contribution is 0.192. The molecule has 1 N–H and O–H groups in total. The number of aliphatic hydroxyl groups is 1. The highest BCUT2D eigenvalue weighted by Crippen LogP contribution is 2.08. The number of benzene rings is 1. The van der Waals surface area contributed by atoms with E-state index >= 15 is 0 Å². The molecule has 1 atom stereocenters. The third kappa shape index (κ3) is 2.19. The van der Waals surface area contributed by atoms with Crippen LogP contribution < -0.4 is 0 Å². The number of aliphatic hydroxyl groups excluding tert-OH is 1. The first-order valence-corrected chi connectivity index (χ1v) is 4.78. The summed E-state index contributed by atoms with van der Waals surface area (Å²) in [5.41, 5.74) is 0.901. The molecule has 0 amide bonds. The van der Waals surface area contributed by atoms with E-state index in [0.717, 1.165) is 5.69 Å². The van der Waals surface area contributed by atoms with Crippen molar-refractivity contribution in [2.24, 2.45) is 0 Å². The standard InChI is InChI=1S/C10H12N4O/c1-8(15)7-10-11-12-13-14(10)9-5-3-2-4-6-9/h2-6,8,15H,7H2,1H3. The van der Waals surface area contributed by atoms with Crippen molar-refractivity contribution in [3.63, 3.8) is 0 Å². The molecule has 0 saturated carbocycles. The molecule has 2 aromatic rings. The summed E-state index contributed by atoms with van der Waals surface area (Å²) < 4.78 is 1.63. The highest BCUT2D eigenvalue weighted by molar-refractivity contribution is 5.30. The van der Waals surface area contributed by atoms with Crippen LogP contribution in [0.2, 0.25) is 0 Å². The van der Waals surface area contributed by atoms with Crippen LogP contribution in [0.15, 0.2) is 30.3 Å². The Kier molecular flexibility index (Phi) is 2.73. The molecule has 1 unspecified atom stereocenters. The minimum absolute atomic E-state index is 0.446. The molecule has 0 spiro atoms. The van der Waals surface area contributed by atoms with Gasteiger partial charge in [-0.1, -0.05) is 18.2 Å². The van der Waals surface area contributed by atoms with Gasteiger partial charge in [0.15, 0.2) is 5.82 Å². The van der Waals surface area contributed by atoms with Gasteiger partial charge in [-0.25, -0.2) is 0 Å². The normalized spacial score (nSPS) is 12.7. The van der Waals surface area contributed by atoms with E-state index < -0.39 is 6.10 Å². The van der Waals surface area contributed by atoms with Gasteiger partial charge in [0, 0.05) is 6.42 Å². The Morgan fingerprint density at radius 3 is 2.73 bits per heavy atom. The Morgan fingerprint density at radius 1 is 1.33 bits per heavy atom. The first-order valence-electron chi connectivity index (χ1n) is 4.78. The quantitative estimate of drug-likeness (QED) is 0.794. The van der Waals surface area contributed by atoms with Crippen LogP contribution in [0.25, 0.3) is 5.69 Å². The SMILES string of the molecule is CC(O)Cc1nnnn1-c1ccccc1. The van der Waals surface area contributed by atoms with Crippen LogP contribution in [-0.2, 0) is 6.42 Å². The Balaban J connectivity index is 2.33. The van der Waals surface area contributed by atoms with E-state index in [1.54, 1.807) is 11.6 Å². The molecule has 1 aromatic carbocycles. The fraction of sp³-hybridized carbons (Fsp3) is 0.300. The molecule has 15 heavy (non-hydrogen) atoms. The van der Waals surface area contributed by atoms with Crippen molar-refractivity contribution in [3.8, 4) is 5.69 Å². The molecular formula is C10H12N4O. The minimum Gasteiger partial charge on any atom is -0.393 e. The maximum absolute atomic E-state index is 9.29. The molecule has 78 valence electrons. The average Bonchev–Trinajstić information content (AvgIpc) is 2.66. The lowest BCUT2D eigenvalue weighted by Gasteiger charge is -2.05. The smallest absolute Gasteiger partial charge is 0.159 e. The van der Waals surface area contributed by atoms with E-state index in [1.807, 2.05) is 30.3 Å². The second-order valence-electron chi connectivity index (χ2n) is 3.40. The predicted molar refractivity (Wildman–Crippen MR) is 54.5 cm³/mol. The second kappa shape index (κ2) is 4.18. The van der Waals surface area contributed by atoms with Crippen molar-refractivity contribution in [3.05, 3.63) is 36.2 Å². The largest absolute Gasteiger partial charge is 0.393 e. The number of hydrogen-bond acceptors (Lipinski definition) is 4. The molecule has 5 nitrogen and oxygen atoms in total. The molecule has 5 heteroatoms. The number of nitrogens with zero attached hydrogens (tertiary/aromatic N) is 4. The van der Waals surface area contributed by atoms with E-state index in [1.165, 1.54) is 0 Å². The zero-order valence-corrected chi connectivity index (χ0v) is 8.41. The molecule has 1 heterocycles. The van der Waals surface area contributed by atoms with Gasteiger partial charge in [0.25, 0.3) is 0 Å². The van der Waals surface area contributed by atoms with Crippen LogP contribution in [-0.4, -0.2) is 31.4 Å². The zero-order valence-electron chi connectivity index (χ0n) is 8.41. The highest BCUT2D eigenvalue weighted by Gasteiger charge is 2.09. The Labute approximate surface area is 87.4 Å². The molecular weight excluding hydrogens is 192 g/mol. The average molecular weight is 204 g/mol. The maximum Gasteiger partial charge on any atom is 0.159 e. The van der Waals surface area contributed by atoms with Gasteiger partial charge in [0.05, 0.1) is 11.8 Å². The number of rotatable bonds is 3. The third-order valence-corrected chi connectivity index (χ3v) is 2.01. The summed E-state index contributed by atoms with van der Waals surface area (Å²) in [6.45, 7) is 1.71. The summed E-state index contributed by atoms with van der Waals surface area (Å²) in [5.74, 6) is 0.663. The molecule has 0 aliphatic carbocycles. The number of tetrazole rings is 1. The van der Waals surface area contributed by atoms with Gasteiger partial charge in [0.1, 0.15) is 0 Å². The Morgan fingerprint density at radius 2 is 2.07 bits per heavy atom. The summed E-state index contributed by atoms with van der Waals surface area (Å²) in [6.07, 6.45) is 0.000455. The van der Waals surface area contributed by atoms with Gasteiger partial charge in [0.2, 0.25) is 0 Å². The van der Waals surface area contributed by atoms with E-state index in [9.17, 15) is 5.11 Å². The van der Waals surface area contributed by atoms with Gasteiger partial charge in [-0.05, 0) is 29.5 Å². The second-order valence-corrected chi connectivity index (χ2v) is 3.40. The molecule has 1 aromatic heterocycles. The van der Waals surface area contributed by atoms with Crippen molar-refractivity contribution < 1.29 is 5.11 Å². The fourth-order valence-electron chi connectivity index (χ4n) is 1.37. The van der Waals surface area contributed by atoms with Crippen molar-refractivity contribution in [1.82, 2.24) is 20.2 Å². The lowest BCUT2D eigenvalue weighted by atomic mass is 10.2. The monoisotopic (exact) mass is 204 g/mol. The molecule has 2 rings (SSSR count). The number of para-hydroxylation sites is 1. The summed E-state index contributed by atoms with van der Waals surface area (Å²) in [6, 6.07) is 9.61. The first-order chi connectivity index (χ1) is 7.27. The molecule has 0 aliphatic rings. The molecule has 0 saturated heterocycles. The molecule has 0 fully saturated rings. The van der Waals surface area contributed by atoms with Crippen molar-refractivity contribution in [2.45, 2.75) is 19.4 Å². The topological polar surface area (TPSA) is 63.8 Å². The number of aromatic nitrogens is 4. The molecule has 0 radical (unpaired) electrons. The predicted octanol–water partition coefficient (Wildman–Crippen LogP) is 0.586. The van der Waals surface area contributed by atoms with Crippen LogP contribution in [0.5, 0.6) is 0 Å².